The minimum Gasteiger partial charge on any atom is -0.756 e. The van der Waals surface area contributed by atoms with Crippen LogP contribution in [0.3, 0.4) is 0 Å². The molecule has 0 saturated heterocycles. The monoisotopic (exact) mass is 730 g/mol. The summed E-state index contributed by atoms with van der Waals surface area (Å²) in [7, 11) is 1.06. The van der Waals surface area contributed by atoms with Gasteiger partial charge in [0.2, 0.25) is 0 Å². The van der Waals surface area contributed by atoms with Crippen molar-refractivity contribution in [3.8, 4) is 0 Å². The van der Waals surface area contributed by atoms with E-state index in [2.05, 4.69) is 38.2 Å². The van der Waals surface area contributed by atoms with E-state index in [9.17, 15) is 19.0 Å². The van der Waals surface area contributed by atoms with Gasteiger partial charge in [0.15, 0.2) is 0 Å². The molecule has 9 nitrogen and oxygen atoms in total. The van der Waals surface area contributed by atoms with Crippen molar-refractivity contribution in [2.75, 3.05) is 47.5 Å². The second kappa shape index (κ2) is 33.3. The molecule has 294 valence electrons. The van der Waals surface area contributed by atoms with Crippen molar-refractivity contribution in [1.29, 1.82) is 0 Å². The molecule has 50 heavy (non-hydrogen) atoms. The molecule has 0 aromatic rings. The van der Waals surface area contributed by atoms with Gasteiger partial charge in [0, 0.05) is 12.8 Å². The number of carbonyl (C=O) groups excluding carboxylic acids is 2. The smallest absolute Gasteiger partial charge is 0.305 e. The van der Waals surface area contributed by atoms with Crippen molar-refractivity contribution >= 4 is 19.8 Å². The Morgan fingerprint density at radius 1 is 0.600 bits per heavy atom. The van der Waals surface area contributed by atoms with Crippen LogP contribution in [0.25, 0.3) is 0 Å². The predicted molar refractivity (Wildman–Crippen MR) is 204 cm³/mol. The minimum atomic E-state index is -4.71. The molecule has 0 saturated carbocycles. The molecule has 0 aromatic heterocycles. The van der Waals surface area contributed by atoms with Gasteiger partial charge < -0.3 is 27.9 Å². The van der Waals surface area contributed by atoms with E-state index < -0.39 is 25.9 Å². The van der Waals surface area contributed by atoms with Crippen LogP contribution in [0.4, 0.5) is 0 Å². The first-order valence-electron chi connectivity index (χ1n) is 20.0. The number of unbranched alkanes of at least 4 members (excludes halogenated alkanes) is 18. The van der Waals surface area contributed by atoms with Crippen LogP contribution >= 0.6 is 7.82 Å². The maximum atomic E-state index is 12.5. The van der Waals surface area contributed by atoms with E-state index in [1.165, 1.54) is 64.2 Å². The molecule has 0 aromatic carbocycles. The number of hydrogen-bond acceptors (Lipinski definition) is 8. The number of phosphoric ester groups is 1. The number of likely N-dealkylation sites (N-methyl/N-ethyl adjacent to an activating group) is 1. The second-order valence-corrected chi connectivity index (χ2v) is 16.0. The van der Waals surface area contributed by atoms with Gasteiger partial charge in [0.05, 0.1) is 21.1 Å². The van der Waals surface area contributed by atoms with Crippen LogP contribution in [-0.4, -0.2) is 70.0 Å². The van der Waals surface area contributed by atoms with Crippen molar-refractivity contribution in [2.45, 2.75) is 174 Å². The maximum Gasteiger partial charge on any atom is 0.305 e. The Morgan fingerprint density at radius 2 is 0.960 bits per heavy atom. The van der Waals surface area contributed by atoms with Crippen molar-refractivity contribution in [1.82, 2.24) is 0 Å². The predicted octanol–water partition coefficient (Wildman–Crippen LogP) is 10.2. The molecular weight excluding hydrogens is 653 g/mol. The number of phosphoric acid groups is 1. The third-order valence-electron chi connectivity index (χ3n) is 8.44. The Labute approximate surface area is 307 Å². The summed E-state index contributed by atoms with van der Waals surface area (Å²) in [5.74, 6) is -0.852. The second-order valence-electron chi connectivity index (χ2n) is 14.6. The molecule has 0 heterocycles. The van der Waals surface area contributed by atoms with E-state index in [1.54, 1.807) is 0 Å². The lowest BCUT2D eigenvalue weighted by atomic mass is 10.1. The highest BCUT2D eigenvalue weighted by molar-refractivity contribution is 7.45. The van der Waals surface area contributed by atoms with Gasteiger partial charge in [-0.05, 0) is 64.2 Å². The Bertz CT molecular complexity index is 866. The molecular formula is C40H76NO8P. The van der Waals surface area contributed by atoms with Crippen LogP contribution in [0.15, 0.2) is 24.3 Å². The van der Waals surface area contributed by atoms with Crippen LogP contribution in [-0.2, 0) is 32.7 Å². The highest BCUT2D eigenvalue weighted by Gasteiger charge is 2.23. The van der Waals surface area contributed by atoms with Gasteiger partial charge in [-0.1, -0.05) is 115 Å². The zero-order chi connectivity index (χ0) is 37.2. The summed E-state index contributed by atoms with van der Waals surface area (Å²) >= 11 is 0. The Hall–Kier alpha value is -1.51. The lowest BCUT2D eigenvalue weighted by Crippen LogP contribution is -2.38. The lowest BCUT2D eigenvalue weighted by molar-refractivity contribution is -0.870. The summed E-state index contributed by atoms with van der Waals surface area (Å²) in [5, 5.41) is 0. The highest BCUT2D eigenvalue weighted by atomic mass is 31.2. The molecule has 0 aliphatic rings. The number of carbonyl (C=O) groups is 2. The summed E-state index contributed by atoms with van der Waals surface area (Å²) in [4.78, 5) is 37.3. The standard InChI is InChI=1S/C40H76NO8P/c1-6-8-10-12-14-16-18-20-22-24-26-28-30-32-39(42)46-36-38(49-50(44,45)48-35-34-41(3,4)5)37-47-40(43)33-31-29-27-25-23-21-19-17-15-13-11-9-7-2/h16-19,38H,6-15,20-37H2,1-5H3. The Morgan fingerprint density at radius 3 is 1.34 bits per heavy atom. The molecule has 0 N–H and O–H groups in total. The van der Waals surface area contributed by atoms with E-state index in [-0.39, 0.29) is 32.7 Å². The van der Waals surface area contributed by atoms with E-state index in [0.717, 1.165) is 64.2 Å². The molecule has 1 unspecified atom stereocenters. The van der Waals surface area contributed by atoms with Gasteiger partial charge in [0.25, 0.3) is 7.82 Å². The first-order chi connectivity index (χ1) is 24.0. The summed E-state index contributed by atoms with van der Waals surface area (Å²) < 4.78 is 34.0. The molecule has 0 amide bonds. The fraction of sp³-hybridized carbons (Fsp3) is 0.850. The van der Waals surface area contributed by atoms with Crippen LogP contribution in [0.2, 0.25) is 0 Å². The van der Waals surface area contributed by atoms with Gasteiger partial charge in [0.1, 0.15) is 32.5 Å². The number of hydrogen-bond donors (Lipinski definition) is 0. The fourth-order valence-corrected chi connectivity index (χ4v) is 6.09. The third kappa shape index (κ3) is 36.3. The summed E-state index contributed by atoms with van der Waals surface area (Å²) in [6.07, 6.45) is 33.3. The molecule has 0 bridgehead atoms. The van der Waals surface area contributed by atoms with Gasteiger partial charge >= 0.3 is 11.9 Å². The molecule has 0 aliphatic carbocycles. The first kappa shape index (κ1) is 48.5. The largest absolute Gasteiger partial charge is 0.756 e. The lowest BCUT2D eigenvalue weighted by Gasteiger charge is -2.29. The Balaban J connectivity index is 4.40. The van der Waals surface area contributed by atoms with Crippen LogP contribution in [0, 0.1) is 0 Å². The number of esters is 2. The van der Waals surface area contributed by atoms with Crippen molar-refractivity contribution < 1.29 is 42.1 Å². The molecule has 0 radical (unpaired) electrons. The van der Waals surface area contributed by atoms with Gasteiger partial charge in [-0.2, -0.15) is 0 Å². The minimum absolute atomic E-state index is 0.0543. The number of quaternary nitrogens is 1. The van der Waals surface area contributed by atoms with E-state index in [1.807, 2.05) is 21.1 Å². The van der Waals surface area contributed by atoms with E-state index in [4.69, 9.17) is 18.5 Å². The first-order valence-corrected chi connectivity index (χ1v) is 21.5. The average Bonchev–Trinajstić information content (AvgIpc) is 3.05. The number of ether oxygens (including phenoxy) is 2. The van der Waals surface area contributed by atoms with Crippen LogP contribution in [0.1, 0.15) is 168 Å². The highest BCUT2D eigenvalue weighted by Crippen LogP contribution is 2.40. The fourth-order valence-electron chi connectivity index (χ4n) is 5.24. The summed E-state index contributed by atoms with van der Waals surface area (Å²) in [6.45, 7) is 4.18. The molecule has 1 atom stereocenters. The normalized spacial score (nSPS) is 14.0. The summed E-state index contributed by atoms with van der Waals surface area (Å²) in [5.41, 5.74) is 0. The Kier molecular flexibility index (Phi) is 32.3. The quantitative estimate of drug-likeness (QED) is 0.0206. The molecule has 0 spiro atoms. The van der Waals surface area contributed by atoms with Crippen LogP contribution in [0.5, 0.6) is 0 Å². The molecule has 0 aliphatic heterocycles. The maximum absolute atomic E-state index is 12.5. The third-order valence-corrected chi connectivity index (χ3v) is 9.49. The number of nitrogens with zero attached hydrogens (tertiary/aromatic N) is 1. The topological polar surface area (TPSA) is 111 Å². The van der Waals surface area contributed by atoms with E-state index >= 15 is 0 Å². The van der Waals surface area contributed by atoms with Crippen molar-refractivity contribution in [3.05, 3.63) is 24.3 Å². The average molecular weight is 730 g/mol. The van der Waals surface area contributed by atoms with E-state index in [0.29, 0.717) is 23.9 Å². The molecule has 0 fully saturated rings. The SMILES string of the molecule is CCCCCCC=CCCCCCCCC(=O)OCC(COC(=O)CCCCCCCC=CCCCCCC)OP(=O)([O-])OCC[N+](C)(C)C. The zero-order valence-corrected chi connectivity index (χ0v) is 33.7. The van der Waals surface area contributed by atoms with Crippen molar-refractivity contribution in [2.24, 2.45) is 0 Å². The molecule has 0 rings (SSSR count). The number of allylic oxidation sites excluding steroid dienone is 4. The summed E-state index contributed by atoms with van der Waals surface area (Å²) in [6, 6.07) is 0. The van der Waals surface area contributed by atoms with Gasteiger partial charge in [-0.25, -0.2) is 0 Å². The molecule has 10 heteroatoms. The van der Waals surface area contributed by atoms with Crippen molar-refractivity contribution in [3.63, 3.8) is 0 Å². The van der Waals surface area contributed by atoms with Gasteiger partial charge in [-0.3, -0.25) is 14.2 Å². The van der Waals surface area contributed by atoms with Crippen LogP contribution < -0.4 is 4.89 Å². The zero-order valence-electron chi connectivity index (χ0n) is 32.8. The number of rotatable bonds is 36. The van der Waals surface area contributed by atoms with Gasteiger partial charge in [-0.15, -0.1) is 0 Å².